The lowest BCUT2D eigenvalue weighted by molar-refractivity contribution is 0.0468. The van der Waals surface area contributed by atoms with E-state index in [9.17, 15) is 13.9 Å². The summed E-state index contributed by atoms with van der Waals surface area (Å²) in [7, 11) is 1.44. The summed E-state index contributed by atoms with van der Waals surface area (Å²) in [5.41, 5.74) is 2.59. The molecule has 0 saturated carbocycles. The second kappa shape index (κ2) is 7.54. The van der Waals surface area contributed by atoms with Crippen molar-refractivity contribution in [3.05, 3.63) is 35.5 Å². The minimum absolute atomic E-state index is 0.154. The molecule has 5 rings (SSSR count). The molecule has 0 saturated heterocycles. The van der Waals surface area contributed by atoms with E-state index in [-0.39, 0.29) is 24.7 Å². The van der Waals surface area contributed by atoms with Crippen molar-refractivity contribution in [2.45, 2.75) is 19.5 Å². The van der Waals surface area contributed by atoms with Crippen LogP contribution < -0.4 is 14.2 Å². The molecule has 7 nitrogen and oxygen atoms in total. The van der Waals surface area contributed by atoms with Crippen LogP contribution in [0.5, 0.6) is 17.4 Å². The number of methoxy groups -OCH3 is 1. The second-order valence-electron chi connectivity index (χ2n) is 7.10. The zero-order chi connectivity index (χ0) is 21.7. The number of aromatic nitrogens is 3. The number of alkyl halides is 2. The van der Waals surface area contributed by atoms with Crippen molar-refractivity contribution < 1.29 is 28.1 Å². The number of aryl methyl sites for hydroxylation is 1. The summed E-state index contributed by atoms with van der Waals surface area (Å²) >= 11 is 1.31. The fourth-order valence-electron chi connectivity index (χ4n) is 3.52. The van der Waals surface area contributed by atoms with Gasteiger partial charge < -0.3 is 19.3 Å². The van der Waals surface area contributed by atoms with E-state index in [0.29, 0.717) is 38.6 Å². The standard InChI is InChI=1S/C21H17F2N3O4S/c1-9-3-14-18(29-8-11(7-27)30-14)19-16(9)26-21(31-19)12-4-10(20(22)23)5-13-17(12)24-6-15(25-13)28-2/h3-6,11,20,27H,7-8H2,1-2H3/t11-/m0/s1. The molecule has 160 valence electrons. The van der Waals surface area contributed by atoms with Crippen LogP contribution in [0.15, 0.2) is 24.4 Å². The first-order chi connectivity index (χ1) is 15.0. The SMILES string of the molecule is COc1cnc2c(-c3nc4c(C)cc5c(c4s3)OC[C@H](CO)O5)cc(C(F)F)cc2n1. The monoisotopic (exact) mass is 445 g/mol. The number of rotatable bonds is 4. The van der Waals surface area contributed by atoms with Crippen molar-refractivity contribution >= 4 is 32.6 Å². The molecule has 4 aromatic rings. The number of fused-ring (bicyclic) bond motifs is 4. The average molecular weight is 445 g/mol. The molecule has 0 aliphatic carbocycles. The summed E-state index contributed by atoms with van der Waals surface area (Å²) < 4.78 is 44.7. The van der Waals surface area contributed by atoms with Gasteiger partial charge in [0, 0.05) is 11.1 Å². The summed E-state index contributed by atoms with van der Waals surface area (Å²) in [6.45, 7) is 1.94. The number of halogens is 2. The number of hydrogen-bond acceptors (Lipinski definition) is 8. The molecular formula is C21H17F2N3O4S. The van der Waals surface area contributed by atoms with Crippen LogP contribution in [0.3, 0.4) is 0 Å². The number of nitrogens with zero attached hydrogens (tertiary/aromatic N) is 3. The van der Waals surface area contributed by atoms with E-state index in [4.69, 9.17) is 19.2 Å². The molecular weight excluding hydrogens is 428 g/mol. The highest BCUT2D eigenvalue weighted by Gasteiger charge is 2.26. The van der Waals surface area contributed by atoms with Gasteiger partial charge in [-0.25, -0.2) is 23.7 Å². The van der Waals surface area contributed by atoms with E-state index in [2.05, 4.69) is 9.97 Å². The maximum absolute atomic E-state index is 13.6. The van der Waals surface area contributed by atoms with E-state index in [1.54, 1.807) is 6.07 Å². The maximum Gasteiger partial charge on any atom is 0.263 e. The molecule has 31 heavy (non-hydrogen) atoms. The third kappa shape index (κ3) is 3.31. The van der Waals surface area contributed by atoms with Crippen LogP contribution >= 0.6 is 11.3 Å². The Hall–Kier alpha value is -3.11. The molecule has 0 radical (unpaired) electrons. The molecule has 2 aromatic carbocycles. The smallest absolute Gasteiger partial charge is 0.263 e. The normalized spacial score (nSPS) is 15.7. The van der Waals surface area contributed by atoms with Crippen LogP contribution in [0.1, 0.15) is 17.6 Å². The Morgan fingerprint density at radius 2 is 2.10 bits per heavy atom. The molecule has 1 N–H and O–H groups in total. The summed E-state index contributed by atoms with van der Waals surface area (Å²) in [5, 5.41) is 9.88. The third-order valence-electron chi connectivity index (χ3n) is 5.03. The number of thiazole rings is 1. The summed E-state index contributed by atoms with van der Waals surface area (Å²) in [6, 6.07) is 4.51. The Bertz CT molecular complexity index is 1310. The van der Waals surface area contributed by atoms with Gasteiger partial charge in [-0.2, -0.15) is 0 Å². The Labute approximate surface area is 179 Å². The molecule has 0 spiro atoms. The first-order valence-corrected chi connectivity index (χ1v) is 10.3. The highest BCUT2D eigenvalue weighted by atomic mass is 32.1. The van der Waals surface area contributed by atoms with E-state index >= 15 is 0 Å². The minimum Gasteiger partial charge on any atom is -0.484 e. The molecule has 0 amide bonds. The zero-order valence-corrected chi connectivity index (χ0v) is 17.4. The van der Waals surface area contributed by atoms with Crippen molar-refractivity contribution in [1.29, 1.82) is 0 Å². The van der Waals surface area contributed by atoms with Gasteiger partial charge >= 0.3 is 0 Å². The molecule has 0 fully saturated rings. The Morgan fingerprint density at radius 3 is 2.84 bits per heavy atom. The van der Waals surface area contributed by atoms with Crippen molar-refractivity contribution in [1.82, 2.24) is 15.0 Å². The summed E-state index contributed by atoms with van der Waals surface area (Å²) in [4.78, 5) is 13.4. The van der Waals surface area contributed by atoms with Gasteiger partial charge in [0.05, 0.1) is 36.5 Å². The lowest BCUT2D eigenvalue weighted by atomic mass is 10.1. The third-order valence-corrected chi connectivity index (χ3v) is 6.11. The maximum atomic E-state index is 13.6. The number of hydrogen-bond donors (Lipinski definition) is 1. The predicted octanol–water partition coefficient (Wildman–Crippen LogP) is 4.29. The number of aliphatic hydroxyl groups excluding tert-OH is 1. The Kier molecular flexibility index (Phi) is 4.82. The zero-order valence-electron chi connectivity index (χ0n) is 16.6. The van der Waals surface area contributed by atoms with Crippen molar-refractivity contribution in [3.63, 3.8) is 0 Å². The molecule has 10 heteroatoms. The van der Waals surface area contributed by atoms with Gasteiger partial charge in [-0.15, -0.1) is 11.3 Å². The number of benzene rings is 2. The molecule has 1 atom stereocenters. The van der Waals surface area contributed by atoms with E-state index < -0.39 is 12.5 Å². The second-order valence-corrected chi connectivity index (χ2v) is 8.10. The largest absolute Gasteiger partial charge is 0.484 e. The van der Waals surface area contributed by atoms with Gasteiger partial charge in [0.1, 0.15) is 16.3 Å². The van der Waals surface area contributed by atoms with E-state index in [0.717, 1.165) is 10.3 Å². The number of aliphatic hydroxyl groups is 1. The van der Waals surface area contributed by atoms with Crippen LogP contribution in [0.25, 0.3) is 31.8 Å². The van der Waals surface area contributed by atoms with Crippen LogP contribution in [0.2, 0.25) is 0 Å². The van der Waals surface area contributed by atoms with Crippen LogP contribution in [0, 0.1) is 6.92 Å². The first-order valence-electron chi connectivity index (χ1n) is 9.46. The van der Waals surface area contributed by atoms with E-state index in [1.807, 2.05) is 6.92 Å². The van der Waals surface area contributed by atoms with Crippen LogP contribution in [0.4, 0.5) is 8.78 Å². The fourth-order valence-corrected chi connectivity index (χ4v) is 4.67. The molecule has 1 aliphatic rings. The van der Waals surface area contributed by atoms with Gasteiger partial charge in [-0.3, -0.25) is 0 Å². The van der Waals surface area contributed by atoms with E-state index in [1.165, 1.54) is 36.8 Å². The van der Waals surface area contributed by atoms with Gasteiger partial charge in [0.15, 0.2) is 17.6 Å². The number of ether oxygens (including phenoxy) is 3. The highest BCUT2D eigenvalue weighted by Crippen LogP contribution is 2.46. The average Bonchev–Trinajstić information content (AvgIpc) is 3.23. The van der Waals surface area contributed by atoms with Gasteiger partial charge in [-0.05, 0) is 30.7 Å². The van der Waals surface area contributed by atoms with Gasteiger partial charge in [-0.1, -0.05) is 0 Å². The van der Waals surface area contributed by atoms with Crippen molar-refractivity contribution in [2.24, 2.45) is 0 Å². The quantitative estimate of drug-likeness (QED) is 0.501. The van der Waals surface area contributed by atoms with Crippen LogP contribution in [-0.4, -0.2) is 46.5 Å². The summed E-state index contributed by atoms with van der Waals surface area (Å²) in [5.74, 6) is 1.31. The minimum atomic E-state index is -2.67. The molecule has 3 heterocycles. The first kappa shape index (κ1) is 19.8. The van der Waals surface area contributed by atoms with Gasteiger partial charge in [0.25, 0.3) is 6.43 Å². The molecule has 0 bridgehead atoms. The predicted molar refractivity (Wildman–Crippen MR) is 111 cm³/mol. The highest BCUT2D eigenvalue weighted by molar-refractivity contribution is 7.22. The summed E-state index contributed by atoms with van der Waals surface area (Å²) in [6.07, 6.45) is -1.67. The Morgan fingerprint density at radius 1 is 1.26 bits per heavy atom. The Balaban J connectivity index is 1.73. The lowest BCUT2D eigenvalue weighted by Gasteiger charge is -2.25. The molecule has 0 unspecified atom stereocenters. The van der Waals surface area contributed by atoms with Crippen LogP contribution in [-0.2, 0) is 0 Å². The van der Waals surface area contributed by atoms with Crippen molar-refractivity contribution in [2.75, 3.05) is 20.3 Å². The lowest BCUT2D eigenvalue weighted by Crippen LogP contribution is -2.32. The van der Waals surface area contributed by atoms with Gasteiger partial charge in [0.2, 0.25) is 5.88 Å². The molecule has 2 aromatic heterocycles. The topological polar surface area (TPSA) is 86.6 Å². The fraction of sp³-hybridized carbons (Fsp3) is 0.286. The molecule has 1 aliphatic heterocycles. The van der Waals surface area contributed by atoms with Crippen molar-refractivity contribution in [3.8, 4) is 28.0 Å².